The highest BCUT2D eigenvalue weighted by Crippen LogP contribution is 2.19. The summed E-state index contributed by atoms with van der Waals surface area (Å²) in [5.41, 5.74) is 8.50. The van der Waals surface area contributed by atoms with Crippen LogP contribution in [0.2, 0.25) is 0 Å². The van der Waals surface area contributed by atoms with Gasteiger partial charge in [-0.15, -0.1) is 0 Å². The molecule has 0 saturated heterocycles. The molecule has 2 atom stereocenters. The molecule has 1 aromatic rings. The van der Waals surface area contributed by atoms with Crippen molar-refractivity contribution in [2.24, 2.45) is 5.73 Å². The maximum absolute atomic E-state index is 6.10. The molecule has 78 valence electrons. The molecule has 0 aliphatic rings. The molecular weight excluding hydrogens is 174 g/mol. The number of hydrogen-bond acceptors (Lipinski definition) is 2. The lowest BCUT2D eigenvalue weighted by molar-refractivity contribution is 0.0772. The van der Waals surface area contributed by atoms with Gasteiger partial charge in [-0.2, -0.15) is 0 Å². The number of benzene rings is 1. The molecule has 0 amide bonds. The first kappa shape index (κ1) is 11.2. The van der Waals surface area contributed by atoms with E-state index in [1.165, 1.54) is 5.56 Å². The van der Waals surface area contributed by atoms with Crippen LogP contribution in [0.5, 0.6) is 0 Å². The lowest BCUT2D eigenvalue weighted by atomic mass is 9.99. The van der Waals surface area contributed by atoms with Crippen LogP contribution in [0.25, 0.3) is 0 Å². The van der Waals surface area contributed by atoms with E-state index in [0.717, 1.165) is 12.0 Å². The molecule has 1 rings (SSSR count). The Labute approximate surface area is 86.1 Å². The van der Waals surface area contributed by atoms with Crippen molar-refractivity contribution in [2.75, 3.05) is 7.11 Å². The monoisotopic (exact) mass is 193 g/mol. The lowest BCUT2D eigenvalue weighted by Gasteiger charge is -2.21. The van der Waals surface area contributed by atoms with E-state index in [4.69, 9.17) is 10.5 Å². The normalized spacial score (nSPS) is 15.1. The van der Waals surface area contributed by atoms with Crippen molar-refractivity contribution in [3.05, 3.63) is 35.4 Å². The standard InChI is InChI=1S/C12H19NO/c1-4-11(14-3)12(13)10-7-5-6-9(2)8-10/h5-8,11-12H,4,13H2,1-3H3. The second-order valence-corrected chi connectivity index (χ2v) is 3.62. The highest BCUT2D eigenvalue weighted by Gasteiger charge is 2.16. The number of nitrogens with two attached hydrogens (primary N) is 1. The fourth-order valence-electron chi connectivity index (χ4n) is 1.66. The fraction of sp³-hybridized carbons (Fsp3) is 0.500. The Balaban J connectivity index is 2.82. The van der Waals surface area contributed by atoms with Crippen LogP contribution in [0.3, 0.4) is 0 Å². The third kappa shape index (κ3) is 2.56. The van der Waals surface area contributed by atoms with Crippen LogP contribution in [0, 0.1) is 6.92 Å². The number of hydrogen-bond donors (Lipinski definition) is 1. The van der Waals surface area contributed by atoms with Gasteiger partial charge in [0, 0.05) is 7.11 Å². The first-order valence-electron chi connectivity index (χ1n) is 5.04. The molecular formula is C12H19NO. The Kier molecular flexibility index (Phi) is 4.11. The predicted molar refractivity (Wildman–Crippen MR) is 59.2 cm³/mol. The Morgan fingerprint density at radius 1 is 1.43 bits per heavy atom. The Hall–Kier alpha value is -0.860. The maximum Gasteiger partial charge on any atom is 0.0761 e. The van der Waals surface area contributed by atoms with Crippen molar-refractivity contribution >= 4 is 0 Å². The zero-order valence-corrected chi connectivity index (χ0v) is 9.16. The van der Waals surface area contributed by atoms with E-state index in [1.807, 2.05) is 6.07 Å². The van der Waals surface area contributed by atoms with Crippen LogP contribution in [0.1, 0.15) is 30.5 Å². The highest BCUT2D eigenvalue weighted by atomic mass is 16.5. The summed E-state index contributed by atoms with van der Waals surface area (Å²) in [4.78, 5) is 0. The molecule has 2 N–H and O–H groups in total. The number of methoxy groups -OCH3 is 1. The van der Waals surface area contributed by atoms with E-state index >= 15 is 0 Å². The minimum atomic E-state index is -0.0232. The molecule has 0 radical (unpaired) electrons. The van der Waals surface area contributed by atoms with Crippen molar-refractivity contribution in [1.82, 2.24) is 0 Å². The van der Waals surface area contributed by atoms with Crippen molar-refractivity contribution < 1.29 is 4.74 Å². The first-order chi connectivity index (χ1) is 6.69. The Bertz CT molecular complexity index is 281. The van der Waals surface area contributed by atoms with Crippen molar-refractivity contribution in [2.45, 2.75) is 32.4 Å². The van der Waals surface area contributed by atoms with Gasteiger partial charge in [0.1, 0.15) is 0 Å². The minimum absolute atomic E-state index is 0.0232. The summed E-state index contributed by atoms with van der Waals surface area (Å²) in [6, 6.07) is 8.26. The van der Waals surface area contributed by atoms with Crippen LogP contribution in [-0.2, 0) is 4.74 Å². The number of rotatable bonds is 4. The lowest BCUT2D eigenvalue weighted by Crippen LogP contribution is -2.27. The summed E-state index contributed by atoms with van der Waals surface area (Å²) in [6.07, 6.45) is 1.04. The van der Waals surface area contributed by atoms with Crippen LogP contribution in [0.4, 0.5) is 0 Å². The molecule has 2 unspecified atom stereocenters. The minimum Gasteiger partial charge on any atom is -0.379 e. The third-order valence-corrected chi connectivity index (χ3v) is 2.53. The molecule has 0 aliphatic heterocycles. The summed E-state index contributed by atoms with van der Waals surface area (Å²) in [7, 11) is 1.71. The van der Waals surface area contributed by atoms with Gasteiger partial charge in [-0.1, -0.05) is 36.8 Å². The zero-order chi connectivity index (χ0) is 10.6. The van der Waals surface area contributed by atoms with Gasteiger partial charge in [-0.3, -0.25) is 0 Å². The molecule has 2 heteroatoms. The summed E-state index contributed by atoms with van der Waals surface area (Å²) < 4.78 is 5.33. The van der Waals surface area contributed by atoms with Gasteiger partial charge in [-0.25, -0.2) is 0 Å². The van der Waals surface area contributed by atoms with Gasteiger partial charge in [0.05, 0.1) is 12.1 Å². The van der Waals surface area contributed by atoms with Gasteiger partial charge in [0.15, 0.2) is 0 Å². The molecule has 0 saturated carbocycles. The Morgan fingerprint density at radius 3 is 2.64 bits per heavy atom. The molecule has 0 aliphatic carbocycles. The highest BCUT2D eigenvalue weighted by molar-refractivity contribution is 5.25. The zero-order valence-electron chi connectivity index (χ0n) is 9.16. The summed E-state index contributed by atoms with van der Waals surface area (Å²) in [6.45, 7) is 4.16. The molecule has 2 nitrogen and oxygen atoms in total. The number of ether oxygens (including phenoxy) is 1. The molecule has 0 spiro atoms. The largest absolute Gasteiger partial charge is 0.379 e. The van der Waals surface area contributed by atoms with Gasteiger partial charge < -0.3 is 10.5 Å². The molecule has 0 bridgehead atoms. The van der Waals surface area contributed by atoms with E-state index in [-0.39, 0.29) is 12.1 Å². The van der Waals surface area contributed by atoms with E-state index in [0.29, 0.717) is 0 Å². The van der Waals surface area contributed by atoms with E-state index < -0.39 is 0 Å². The Morgan fingerprint density at radius 2 is 2.14 bits per heavy atom. The van der Waals surface area contributed by atoms with Crippen LogP contribution in [0.15, 0.2) is 24.3 Å². The van der Waals surface area contributed by atoms with E-state index in [9.17, 15) is 0 Å². The average Bonchev–Trinajstić information content (AvgIpc) is 2.19. The number of aryl methyl sites for hydroxylation is 1. The fourth-order valence-corrected chi connectivity index (χ4v) is 1.66. The van der Waals surface area contributed by atoms with Crippen LogP contribution in [-0.4, -0.2) is 13.2 Å². The van der Waals surface area contributed by atoms with Gasteiger partial charge in [-0.05, 0) is 18.9 Å². The van der Waals surface area contributed by atoms with Crippen molar-refractivity contribution in [3.8, 4) is 0 Å². The second-order valence-electron chi connectivity index (χ2n) is 3.62. The molecule has 0 fully saturated rings. The third-order valence-electron chi connectivity index (χ3n) is 2.53. The summed E-state index contributed by atoms with van der Waals surface area (Å²) in [5, 5.41) is 0. The van der Waals surface area contributed by atoms with E-state index in [1.54, 1.807) is 7.11 Å². The molecule has 0 aromatic heterocycles. The average molecular weight is 193 g/mol. The summed E-state index contributed by atoms with van der Waals surface area (Å²) in [5.74, 6) is 0. The van der Waals surface area contributed by atoms with Gasteiger partial charge in [0.25, 0.3) is 0 Å². The molecule has 1 aromatic carbocycles. The summed E-state index contributed by atoms with van der Waals surface area (Å²) >= 11 is 0. The van der Waals surface area contributed by atoms with Gasteiger partial charge >= 0.3 is 0 Å². The van der Waals surface area contributed by atoms with Crippen LogP contribution < -0.4 is 5.73 Å². The second kappa shape index (κ2) is 5.13. The quantitative estimate of drug-likeness (QED) is 0.797. The predicted octanol–water partition coefficient (Wildman–Crippen LogP) is 2.42. The van der Waals surface area contributed by atoms with Crippen molar-refractivity contribution in [3.63, 3.8) is 0 Å². The van der Waals surface area contributed by atoms with Crippen LogP contribution >= 0.6 is 0 Å². The first-order valence-corrected chi connectivity index (χ1v) is 5.04. The van der Waals surface area contributed by atoms with E-state index in [2.05, 4.69) is 32.0 Å². The molecule has 0 heterocycles. The van der Waals surface area contributed by atoms with Crippen molar-refractivity contribution in [1.29, 1.82) is 0 Å². The molecule has 14 heavy (non-hydrogen) atoms. The smallest absolute Gasteiger partial charge is 0.0761 e. The van der Waals surface area contributed by atoms with Gasteiger partial charge in [0.2, 0.25) is 0 Å². The SMILES string of the molecule is CCC(OC)C(N)c1cccc(C)c1. The topological polar surface area (TPSA) is 35.2 Å². The maximum atomic E-state index is 6.10.